The van der Waals surface area contributed by atoms with Crippen LogP contribution in [-0.4, -0.2) is 42.6 Å². The lowest BCUT2D eigenvalue weighted by Crippen LogP contribution is -2.20. The summed E-state index contributed by atoms with van der Waals surface area (Å²) in [6, 6.07) is 19.6. The van der Waals surface area contributed by atoms with Crippen LogP contribution in [0.25, 0.3) is 33.5 Å². The third-order valence-corrected chi connectivity index (χ3v) is 5.56. The van der Waals surface area contributed by atoms with Crippen LogP contribution in [-0.2, 0) is 4.79 Å². The van der Waals surface area contributed by atoms with Gasteiger partial charge in [0.1, 0.15) is 5.58 Å². The van der Waals surface area contributed by atoms with Gasteiger partial charge in [-0.15, -0.1) is 0 Å². The third-order valence-electron chi connectivity index (χ3n) is 5.56. The zero-order valence-corrected chi connectivity index (χ0v) is 20.0. The summed E-state index contributed by atoms with van der Waals surface area (Å²) in [5.74, 6) is 0.805. The number of fused-ring (bicyclic) bond motifs is 2. The van der Waals surface area contributed by atoms with Gasteiger partial charge in [-0.25, -0.2) is 4.98 Å². The summed E-state index contributed by atoms with van der Waals surface area (Å²) >= 11 is 0. The number of hydrogen-bond acceptors (Lipinski definition) is 8. The number of methoxy groups -OCH3 is 2. The zero-order chi connectivity index (χ0) is 25.9. The highest BCUT2D eigenvalue weighted by Crippen LogP contribution is 2.38. The van der Waals surface area contributed by atoms with Gasteiger partial charge in [-0.2, -0.15) is 9.78 Å². The predicted octanol–water partition coefficient (Wildman–Crippen LogP) is 3.57. The van der Waals surface area contributed by atoms with Crippen molar-refractivity contribution < 1.29 is 23.4 Å². The summed E-state index contributed by atoms with van der Waals surface area (Å²) in [6.45, 7) is -0.348. The molecule has 5 aromatic rings. The lowest BCUT2D eigenvalue weighted by molar-refractivity contribution is -0.120. The van der Waals surface area contributed by atoms with Gasteiger partial charge < -0.3 is 24.4 Å². The monoisotopic (exact) mass is 498 g/mol. The van der Waals surface area contributed by atoms with Crippen molar-refractivity contribution in [1.29, 1.82) is 0 Å². The number of primary amides is 1. The van der Waals surface area contributed by atoms with Crippen LogP contribution in [0.5, 0.6) is 17.2 Å². The van der Waals surface area contributed by atoms with E-state index in [0.29, 0.717) is 39.3 Å². The van der Waals surface area contributed by atoms with Crippen LogP contribution in [0.15, 0.2) is 81.0 Å². The van der Waals surface area contributed by atoms with Crippen molar-refractivity contribution >= 4 is 34.0 Å². The summed E-state index contributed by atoms with van der Waals surface area (Å²) < 4.78 is 23.5. The Hall–Kier alpha value is -5.12. The molecule has 3 aromatic carbocycles. The molecule has 186 valence electrons. The second-order valence-electron chi connectivity index (χ2n) is 7.97. The highest BCUT2D eigenvalue weighted by Gasteiger charge is 2.18. The Labute approximate surface area is 210 Å². The topological polar surface area (TPSA) is 131 Å². The molecule has 0 fully saturated rings. The normalized spacial score (nSPS) is 11.3. The molecule has 2 aromatic heterocycles. The Bertz CT molecular complexity index is 1660. The zero-order valence-electron chi connectivity index (χ0n) is 20.0. The van der Waals surface area contributed by atoms with Gasteiger partial charge >= 0.3 is 0 Å². The summed E-state index contributed by atoms with van der Waals surface area (Å²) in [4.78, 5) is 29.3. The minimum atomic E-state index is -0.643. The number of aromatic nitrogens is 2. The summed E-state index contributed by atoms with van der Waals surface area (Å²) in [5.41, 5.74) is 6.55. The van der Waals surface area contributed by atoms with Crippen LogP contribution >= 0.6 is 0 Å². The van der Waals surface area contributed by atoms with Crippen molar-refractivity contribution in [3.8, 4) is 28.8 Å². The van der Waals surface area contributed by atoms with Crippen molar-refractivity contribution in [3.63, 3.8) is 0 Å². The first kappa shape index (κ1) is 23.6. The first-order valence-electron chi connectivity index (χ1n) is 11.2. The number of amides is 1. The van der Waals surface area contributed by atoms with Gasteiger partial charge in [0.2, 0.25) is 11.6 Å². The average Bonchev–Trinajstić information content (AvgIpc) is 3.35. The summed E-state index contributed by atoms with van der Waals surface area (Å²) in [7, 11) is 2.90. The molecule has 2 heterocycles. The number of nitrogens with zero attached hydrogens (tertiary/aromatic N) is 3. The fourth-order valence-corrected chi connectivity index (χ4v) is 3.87. The summed E-state index contributed by atoms with van der Waals surface area (Å²) in [5, 5.41) is 5.74. The molecule has 0 bridgehead atoms. The molecule has 0 saturated heterocycles. The number of ether oxygens (including phenoxy) is 3. The maximum absolute atomic E-state index is 13.5. The Kier molecular flexibility index (Phi) is 6.29. The van der Waals surface area contributed by atoms with E-state index in [0.717, 1.165) is 5.39 Å². The van der Waals surface area contributed by atoms with Crippen molar-refractivity contribution in [1.82, 2.24) is 9.66 Å². The van der Waals surface area contributed by atoms with E-state index in [1.165, 1.54) is 25.1 Å². The minimum absolute atomic E-state index is 0.216. The average molecular weight is 498 g/mol. The molecule has 0 aliphatic rings. The highest BCUT2D eigenvalue weighted by molar-refractivity contribution is 5.85. The number of carbonyl (C=O) groups excluding carboxylic acids is 1. The van der Waals surface area contributed by atoms with Gasteiger partial charge in [0.15, 0.2) is 23.9 Å². The Morgan fingerprint density at radius 1 is 1.05 bits per heavy atom. The smallest absolute Gasteiger partial charge is 0.282 e. The van der Waals surface area contributed by atoms with Gasteiger partial charge in [-0.1, -0.05) is 30.3 Å². The molecular weight excluding hydrogens is 476 g/mol. The molecule has 10 nitrogen and oxygen atoms in total. The fourth-order valence-electron chi connectivity index (χ4n) is 3.87. The molecule has 37 heavy (non-hydrogen) atoms. The van der Waals surface area contributed by atoms with Gasteiger partial charge in [0.05, 0.1) is 31.3 Å². The molecule has 0 aliphatic carbocycles. The largest absolute Gasteiger partial charge is 0.493 e. The molecule has 0 saturated carbocycles. The van der Waals surface area contributed by atoms with Gasteiger partial charge in [-0.3, -0.25) is 9.59 Å². The molecule has 0 radical (unpaired) electrons. The Morgan fingerprint density at radius 2 is 1.76 bits per heavy atom. The van der Waals surface area contributed by atoms with E-state index in [-0.39, 0.29) is 23.7 Å². The number of carbonyl (C=O) groups is 1. The lowest BCUT2D eigenvalue weighted by atomic mass is 10.2. The van der Waals surface area contributed by atoms with Gasteiger partial charge in [-0.05, 0) is 36.4 Å². The molecule has 0 unspecified atom stereocenters. The van der Waals surface area contributed by atoms with Gasteiger partial charge in [0.25, 0.3) is 11.5 Å². The van der Waals surface area contributed by atoms with Crippen molar-refractivity contribution in [3.05, 3.63) is 82.6 Å². The number of rotatable bonds is 8. The van der Waals surface area contributed by atoms with Crippen LogP contribution in [0.1, 0.15) is 5.56 Å². The van der Waals surface area contributed by atoms with Crippen molar-refractivity contribution in [2.24, 2.45) is 10.8 Å². The third kappa shape index (κ3) is 4.59. The van der Waals surface area contributed by atoms with Gasteiger partial charge in [0, 0.05) is 10.9 Å². The Balaban J connectivity index is 1.64. The quantitative estimate of drug-likeness (QED) is 0.324. The molecule has 5 rings (SSSR count). The summed E-state index contributed by atoms with van der Waals surface area (Å²) in [6.07, 6.45) is 1.47. The maximum Gasteiger partial charge on any atom is 0.282 e. The van der Waals surface area contributed by atoms with E-state index in [2.05, 4.69) is 10.1 Å². The molecule has 2 N–H and O–H groups in total. The SMILES string of the molecule is COc1cc(C=Nn2c(-c3cc4ccccc4o3)nc3ccccc3c2=O)cc(OC)c1OCC(N)=O. The molecule has 0 aliphatic heterocycles. The minimum Gasteiger partial charge on any atom is -0.493 e. The van der Waals surface area contributed by atoms with E-state index < -0.39 is 5.91 Å². The molecular formula is C27H22N4O6. The number of para-hydroxylation sites is 2. The van der Waals surface area contributed by atoms with E-state index in [4.69, 9.17) is 24.4 Å². The van der Waals surface area contributed by atoms with Crippen LogP contribution in [0, 0.1) is 0 Å². The standard InChI is InChI=1S/C27H22N4O6/c1-34-21-11-16(12-22(35-2)25(21)36-15-24(28)32)14-29-31-26(23-13-17-7-3-6-10-20(17)37-23)30-19-9-5-4-8-18(19)27(31)33/h3-14H,15H2,1-2H3,(H2,28,32). The van der Waals surface area contributed by atoms with Crippen molar-refractivity contribution in [2.45, 2.75) is 0 Å². The first-order valence-corrected chi connectivity index (χ1v) is 11.2. The number of hydrogen-bond donors (Lipinski definition) is 1. The van der Waals surface area contributed by atoms with Crippen LogP contribution in [0.3, 0.4) is 0 Å². The number of nitrogens with two attached hydrogens (primary N) is 1. The van der Waals surface area contributed by atoms with E-state index in [1.807, 2.05) is 36.4 Å². The van der Waals surface area contributed by atoms with Crippen LogP contribution < -0.4 is 25.5 Å². The molecule has 1 amide bonds. The molecule has 10 heteroatoms. The number of furan rings is 1. The van der Waals surface area contributed by atoms with Crippen LogP contribution in [0.2, 0.25) is 0 Å². The Morgan fingerprint density at radius 3 is 2.46 bits per heavy atom. The van der Waals surface area contributed by atoms with E-state index in [1.54, 1.807) is 30.3 Å². The lowest BCUT2D eigenvalue weighted by Gasteiger charge is -2.14. The van der Waals surface area contributed by atoms with Crippen molar-refractivity contribution in [2.75, 3.05) is 20.8 Å². The van der Waals surface area contributed by atoms with E-state index in [9.17, 15) is 9.59 Å². The maximum atomic E-state index is 13.5. The number of benzene rings is 3. The second-order valence-corrected chi connectivity index (χ2v) is 7.97. The second kappa shape index (κ2) is 9.86. The van der Waals surface area contributed by atoms with E-state index >= 15 is 0 Å². The highest BCUT2D eigenvalue weighted by atomic mass is 16.5. The van der Waals surface area contributed by atoms with Crippen LogP contribution in [0.4, 0.5) is 0 Å². The first-order chi connectivity index (χ1) is 18.0. The predicted molar refractivity (Wildman–Crippen MR) is 138 cm³/mol. The molecule has 0 spiro atoms. The molecule has 0 atom stereocenters. The fraction of sp³-hybridized carbons (Fsp3) is 0.111.